The minimum Gasteiger partial charge on any atom is -0.504 e. The summed E-state index contributed by atoms with van der Waals surface area (Å²) in [5.41, 5.74) is 0. The van der Waals surface area contributed by atoms with Crippen LogP contribution in [0.15, 0.2) is 24.3 Å². The minimum atomic E-state index is -4.27. The van der Waals surface area contributed by atoms with Crippen molar-refractivity contribution in [2.75, 3.05) is 0 Å². The number of para-hydroxylation sites is 2. The van der Waals surface area contributed by atoms with Gasteiger partial charge >= 0.3 is 10.1 Å². The zero-order valence-corrected chi connectivity index (χ0v) is 8.11. The molecule has 1 N–H and O–H groups in total. The maximum Gasteiger partial charge on any atom is 0.373 e. The summed E-state index contributed by atoms with van der Waals surface area (Å²) >= 11 is 0. The molecule has 5 nitrogen and oxygen atoms in total. The van der Waals surface area contributed by atoms with Crippen molar-refractivity contribution in [2.45, 2.75) is 6.92 Å². The second kappa shape index (κ2) is 3.67. The summed E-state index contributed by atoms with van der Waals surface area (Å²) in [5, 5.41) is 8.04. The highest BCUT2D eigenvalue weighted by molar-refractivity contribution is 8.02. The summed E-state index contributed by atoms with van der Waals surface area (Å²) in [6.45, 7) is 0.870. The molecule has 0 atom stereocenters. The fraction of sp³-hybridized carbons (Fsp3) is 0.125. The van der Waals surface area contributed by atoms with E-state index in [2.05, 4.69) is 4.18 Å². The van der Waals surface area contributed by atoms with Crippen LogP contribution in [0.2, 0.25) is 0 Å². The highest BCUT2D eigenvalue weighted by atomic mass is 32.2. The number of benzene rings is 1. The molecule has 0 radical (unpaired) electrons. The molecule has 0 aliphatic rings. The Labute approximate surface area is 81.1 Å². The van der Waals surface area contributed by atoms with Crippen LogP contribution in [0.5, 0.6) is 11.5 Å². The molecule has 0 fully saturated rings. The Kier molecular flexibility index (Phi) is 2.76. The number of aromatic hydroxyl groups is 1. The summed E-state index contributed by atoms with van der Waals surface area (Å²) in [4.78, 5) is 10.6. The lowest BCUT2D eigenvalue weighted by Gasteiger charge is -2.04. The third-order valence-corrected chi connectivity index (χ3v) is 2.52. The normalized spacial score (nSPS) is 10.9. The standard InChI is InChI=1S/C8H8O5S/c1-6(9)14(11,12)13-8-5-3-2-4-7(8)10/h2-5,10H,1H3. The lowest BCUT2D eigenvalue weighted by atomic mass is 10.3. The summed E-state index contributed by atoms with van der Waals surface area (Å²) < 4.78 is 26.3. The van der Waals surface area contributed by atoms with Gasteiger partial charge in [0.2, 0.25) is 0 Å². The van der Waals surface area contributed by atoms with Crippen molar-refractivity contribution in [1.29, 1.82) is 0 Å². The smallest absolute Gasteiger partial charge is 0.373 e. The van der Waals surface area contributed by atoms with Gasteiger partial charge in [0.05, 0.1) is 0 Å². The van der Waals surface area contributed by atoms with Crippen molar-refractivity contribution in [1.82, 2.24) is 0 Å². The molecule has 1 aromatic rings. The molecule has 14 heavy (non-hydrogen) atoms. The number of hydrogen-bond acceptors (Lipinski definition) is 5. The van der Waals surface area contributed by atoms with Gasteiger partial charge in [-0.1, -0.05) is 12.1 Å². The molecule has 0 aliphatic carbocycles. The molecule has 1 aromatic carbocycles. The van der Waals surface area contributed by atoms with Crippen LogP contribution in [-0.4, -0.2) is 18.6 Å². The summed E-state index contributed by atoms with van der Waals surface area (Å²) in [5.74, 6) is -0.597. The topological polar surface area (TPSA) is 80.7 Å². The highest BCUT2D eigenvalue weighted by Crippen LogP contribution is 2.25. The maximum absolute atomic E-state index is 11.0. The van der Waals surface area contributed by atoms with E-state index < -0.39 is 15.2 Å². The number of rotatable bonds is 2. The van der Waals surface area contributed by atoms with Crippen molar-refractivity contribution in [3.05, 3.63) is 24.3 Å². The van der Waals surface area contributed by atoms with Crippen LogP contribution in [0.1, 0.15) is 6.92 Å². The van der Waals surface area contributed by atoms with Gasteiger partial charge in [0.1, 0.15) is 0 Å². The predicted molar refractivity (Wildman–Crippen MR) is 48.3 cm³/mol. The molecule has 1 rings (SSSR count). The van der Waals surface area contributed by atoms with E-state index in [0.717, 1.165) is 6.92 Å². The minimum absolute atomic E-state index is 0.261. The third kappa shape index (κ3) is 2.23. The van der Waals surface area contributed by atoms with Crippen LogP contribution >= 0.6 is 0 Å². The average Bonchev–Trinajstić information content (AvgIpc) is 2.08. The number of phenols is 1. The fourth-order valence-electron chi connectivity index (χ4n) is 0.705. The largest absolute Gasteiger partial charge is 0.504 e. The molecular weight excluding hydrogens is 208 g/mol. The lowest BCUT2D eigenvalue weighted by molar-refractivity contribution is -0.110. The molecule has 0 amide bonds. The summed E-state index contributed by atoms with van der Waals surface area (Å²) in [7, 11) is -4.27. The first-order chi connectivity index (χ1) is 6.43. The van der Waals surface area contributed by atoms with Gasteiger partial charge in [-0.05, 0) is 12.1 Å². The van der Waals surface area contributed by atoms with Crippen molar-refractivity contribution in [3.8, 4) is 11.5 Å². The van der Waals surface area contributed by atoms with Gasteiger partial charge in [-0.2, -0.15) is 8.42 Å². The molecule has 0 aromatic heterocycles. The number of carbonyl (C=O) groups excluding carboxylic acids is 1. The molecule has 0 aliphatic heterocycles. The summed E-state index contributed by atoms with van der Waals surface area (Å²) in [6.07, 6.45) is 0. The van der Waals surface area contributed by atoms with E-state index in [1.807, 2.05) is 0 Å². The van der Waals surface area contributed by atoms with E-state index in [9.17, 15) is 13.2 Å². The SMILES string of the molecule is CC(=O)S(=O)(=O)Oc1ccccc1O. The van der Waals surface area contributed by atoms with Crippen LogP contribution in [0.25, 0.3) is 0 Å². The van der Waals surface area contributed by atoms with E-state index in [1.54, 1.807) is 0 Å². The lowest BCUT2D eigenvalue weighted by Crippen LogP contribution is -2.17. The van der Waals surface area contributed by atoms with Crippen molar-refractivity contribution in [2.24, 2.45) is 0 Å². The molecule has 0 saturated heterocycles. The van der Waals surface area contributed by atoms with Crippen LogP contribution < -0.4 is 4.18 Å². The van der Waals surface area contributed by atoms with E-state index in [0.29, 0.717) is 0 Å². The second-order valence-electron chi connectivity index (χ2n) is 2.50. The molecule has 0 spiro atoms. The number of hydrogen-bond donors (Lipinski definition) is 1. The molecule has 6 heteroatoms. The Balaban J connectivity index is 3.02. The Morgan fingerprint density at radius 2 is 1.93 bits per heavy atom. The van der Waals surface area contributed by atoms with Gasteiger partial charge in [-0.25, -0.2) is 0 Å². The zero-order valence-electron chi connectivity index (χ0n) is 7.30. The van der Waals surface area contributed by atoms with Gasteiger partial charge < -0.3 is 9.29 Å². The fourth-order valence-corrected chi connectivity index (χ4v) is 1.20. The van der Waals surface area contributed by atoms with Gasteiger partial charge in [0.15, 0.2) is 11.5 Å². The predicted octanol–water partition coefficient (Wildman–Crippen LogP) is 0.647. The monoisotopic (exact) mass is 216 g/mol. The molecule has 76 valence electrons. The van der Waals surface area contributed by atoms with Crippen LogP contribution in [0.3, 0.4) is 0 Å². The van der Waals surface area contributed by atoms with Gasteiger partial charge in [-0.3, -0.25) is 4.79 Å². The Hall–Kier alpha value is -1.56. The van der Waals surface area contributed by atoms with Crippen LogP contribution in [0, 0.1) is 0 Å². The molecule has 0 bridgehead atoms. The Bertz CT molecular complexity index is 449. The van der Waals surface area contributed by atoms with Crippen LogP contribution in [-0.2, 0) is 14.9 Å². The quantitative estimate of drug-likeness (QED) is 0.734. The van der Waals surface area contributed by atoms with Gasteiger partial charge in [-0.15, -0.1) is 0 Å². The van der Waals surface area contributed by atoms with E-state index in [-0.39, 0.29) is 11.5 Å². The molecule has 0 saturated carbocycles. The third-order valence-electron chi connectivity index (χ3n) is 1.42. The maximum atomic E-state index is 11.0. The Morgan fingerprint density at radius 3 is 2.43 bits per heavy atom. The van der Waals surface area contributed by atoms with Crippen molar-refractivity contribution in [3.63, 3.8) is 0 Å². The first-order valence-electron chi connectivity index (χ1n) is 3.66. The van der Waals surface area contributed by atoms with E-state index >= 15 is 0 Å². The van der Waals surface area contributed by atoms with Crippen LogP contribution in [0.4, 0.5) is 0 Å². The number of carbonyl (C=O) groups is 1. The highest BCUT2D eigenvalue weighted by Gasteiger charge is 2.20. The first-order valence-corrected chi connectivity index (χ1v) is 5.07. The molecule has 0 heterocycles. The average molecular weight is 216 g/mol. The van der Waals surface area contributed by atoms with Gasteiger partial charge in [0.25, 0.3) is 5.12 Å². The molecule has 0 unspecified atom stereocenters. The first kappa shape index (κ1) is 10.5. The summed E-state index contributed by atoms with van der Waals surface area (Å²) in [6, 6.07) is 5.48. The second-order valence-corrected chi connectivity index (χ2v) is 4.15. The van der Waals surface area contributed by atoms with Crippen molar-refractivity contribution >= 4 is 15.2 Å². The Morgan fingerprint density at radius 1 is 1.36 bits per heavy atom. The van der Waals surface area contributed by atoms with Gasteiger partial charge in [0, 0.05) is 6.92 Å². The number of phenolic OH excluding ortho intramolecular Hbond substituents is 1. The van der Waals surface area contributed by atoms with E-state index in [1.165, 1.54) is 24.3 Å². The van der Waals surface area contributed by atoms with Crippen molar-refractivity contribution < 1.29 is 22.5 Å². The van der Waals surface area contributed by atoms with E-state index in [4.69, 9.17) is 5.11 Å². The zero-order chi connectivity index (χ0) is 10.8. The molecular formula is C8H8O5S.